The highest BCUT2D eigenvalue weighted by molar-refractivity contribution is 6.45. The van der Waals surface area contributed by atoms with Gasteiger partial charge in [-0.15, -0.1) is 0 Å². The molecule has 1 aromatic heterocycles. The van der Waals surface area contributed by atoms with Crippen LogP contribution in [0, 0.1) is 12.8 Å². The number of carbonyl (C=O) groups excluding carboxylic acids is 1. The van der Waals surface area contributed by atoms with Crippen LogP contribution in [-0.4, -0.2) is 35.2 Å². The summed E-state index contributed by atoms with van der Waals surface area (Å²) in [5.41, 5.74) is 2.78. The second-order valence-electron chi connectivity index (χ2n) is 8.93. The van der Waals surface area contributed by atoms with Gasteiger partial charge in [-0.05, 0) is 41.7 Å². The number of carbonyl (C=O) groups is 2. The van der Waals surface area contributed by atoms with Gasteiger partial charge in [0, 0.05) is 23.9 Å². The van der Waals surface area contributed by atoms with Crippen LogP contribution in [0.5, 0.6) is 0 Å². The highest BCUT2D eigenvalue weighted by Crippen LogP contribution is 2.36. The molecule has 3 aromatic rings. The fraction of sp³-hybridized carbons (Fsp3) is 0.360. The first-order valence-corrected chi connectivity index (χ1v) is 11.6. The topological polar surface area (TPSA) is 91.4 Å². The fourth-order valence-electron chi connectivity index (χ4n) is 4.67. The second-order valence-corrected chi connectivity index (χ2v) is 9.71. The lowest BCUT2D eigenvalue weighted by Gasteiger charge is -2.30. The Bertz CT molecular complexity index is 1210. The van der Waals surface area contributed by atoms with E-state index >= 15 is 0 Å². The van der Waals surface area contributed by atoms with Crippen molar-refractivity contribution in [1.29, 1.82) is 0 Å². The molecule has 0 bridgehead atoms. The summed E-state index contributed by atoms with van der Waals surface area (Å²) in [4.78, 5) is 28.2. The lowest BCUT2D eigenvalue weighted by molar-refractivity contribution is -0.139. The Morgan fingerprint density at radius 1 is 1.15 bits per heavy atom. The van der Waals surface area contributed by atoms with Crippen LogP contribution in [0.15, 0.2) is 36.4 Å². The minimum atomic E-state index is -0.849. The number of aromatic nitrogens is 1. The Labute approximate surface area is 202 Å². The zero-order valence-electron chi connectivity index (χ0n) is 18.7. The van der Waals surface area contributed by atoms with Gasteiger partial charge in [0.2, 0.25) is 0 Å². The summed E-state index contributed by atoms with van der Waals surface area (Å²) in [6, 6.07) is 10.9. The van der Waals surface area contributed by atoms with E-state index in [2.05, 4.69) is 10.3 Å². The van der Waals surface area contributed by atoms with Gasteiger partial charge in [0.05, 0.1) is 28.1 Å². The summed E-state index contributed by atoms with van der Waals surface area (Å²) in [5.74, 6) is -1.74. The maximum Gasteiger partial charge on any atom is 0.311 e. The zero-order chi connectivity index (χ0) is 23.9. The van der Waals surface area contributed by atoms with E-state index in [1.807, 2.05) is 45.0 Å². The minimum absolute atomic E-state index is 0.0397. The Morgan fingerprint density at radius 2 is 1.85 bits per heavy atom. The number of aryl methyl sites for hydroxylation is 1. The third-order valence-electron chi connectivity index (χ3n) is 6.46. The molecule has 33 heavy (non-hydrogen) atoms. The SMILES string of the molecule is Cc1c(C(=O)NC2(c3ccc(C(C(=O)O)C(C)C)cc3)CCOC2)[nH]c2ccc(Cl)c(Cl)c12. The van der Waals surface area contributed by atoms with Crippen LogP contribution >= 0.6 is 23.2 Å². The van der Waals surface area contributed by atoms with E-state index in [0.29, 0.717) is 35.4 Å². The molecule has 2 aromatic carbocycles. The molecule has 3 N–H and O–H groups in total. The lowest BCUT2D eigenvalue weighted by atomic mass is 9.84. The second kappa shape index (κ2) is 9.01. The summed E-state index contributed by atoms with van der Waals surface area (Å²) >= 11 is 12.5. The predicted molar refractivity (Wildman–Crippen MR) is 129 cm³/mol. The third kappa shape index (κ3) is 4.23. The van der Waals surface area contributed by atoms with Crippen molar-refractivity contribution in [2.24, 2.45) is 5.92 Å². The molecule has 1 aliphatic rings. The normalized spacial score (nSPS) is 19.2. The number of amides is 1. The van der Waals surface area contributed by atoms with Gasteiger partial charge >= 0.3 is 5.97 Å². The van der Waals surface area contributed by atoms with Crippen molar-refractivity contribution in [3.8, 4) is 0 Å². The van der Waals surface area contributed by atoms with Gasteiger partial charge in [0.15, 0.2) is 0 Å². The first-order valence-electron chi connectivity index (χ1n) is 10.8. The molecule has 1 amide bonds. The smallest absolute Gasteiger partial charge is 0.311 e. The predicted octanol–water partition coefficient (Wildman–Crippen LogP) is 5.65. The molecular weight excluding hydrogens is 463 g/mol. The molecular formula is C25H26Cl2N2O4. The van der Waals surface area contributed by atoms with Crippen molar-refractivity contribution in [2.75, 3.05) is 13.2 Å². The molecule has 2 atom stereocenters. The van der Waals surface area contributed by atoms with E-state index in [0.717, 1.165) is 27.6 Å². The van der Waals surface area contributed by atoms with E-state index < -0.39 is 17.4 Å². The van der Waals surface area contributed by atoms with Crippen molar-refractivity contribution in [3.05, 3.63) is 68.8 Å². The van der Waals surface area contributed by atoms with Gasteiger partial charge in [-0.2, -0.15) is 0 Å². The van der Waals surface area contributed by atoms with Gasteiger partial charge in [0.25, 0.3) is 5.91 Å². The number of rotatable bonds is 6. The van der Waals surface area contributed by atoms with Gasteiger partial charge in [-0.25, -0.2) is 0 Å². The average Bonchev–Trinajstić information content (AvgIpc) is 3.36. The highest BCUT2D eigenvalue weighted by atomic mass is 35.5. The van der Waals surface area contributed by atoms with Crippen LogP contribution in [0.2, 0.25) is 10.0 Å². The number of H-pyrrole nitrogens is 1. The number of carboxylic acid groups (broad SMARTS) is 1. The van der Waals surface area contributed by atoms with E-state index in [4.69, 9.17) is 27.9 Å². The maximum atomic E-state index is 13.4. The van der Waals surface area contributed by atoms with Gasteiger partial charge in [-0.1, -0.05) is 61.3 Å². The number of carboxylic acids is 1. The number of hydrogen-bond donors (Lipinski definition) is 3. The van der Waals surface area contributed by atoms with Crippen molar-refractivity contribution in [2.45, 2.75) is 38.6 Å². The largest absolute Gasteiger partial charge is 0.481 e. The van der Waals surface area contributed by atoms with Crippen LogP contribution < -0.4 is 5.32 Å². The van der Waals surface area contributed by atoms with E-state index in [1.165, 1.54) is 0 Å². The molecule has 0 radical (unpaired) electrons. The van der Waals surface area contributed by atoms with Crippen LogP contribution in [0.3, 0.4) is 0 Å². The Kier molecular flexibility index (Phi) is 6.45. The highest BCUT2D eigenvalue weighted by Gasteiger charge is 2.39. The lowest BCUT2D eigenvalue weighted by Crippen LogP contribution is -2.46. The number of benzene rings is 2. The number of hydrogen-bond acceptors (Lipinski definition) is 3. The van der Waals surface area contributed by atoms with Crippen molar-refractivity contribution < 1.29 is 19.4 Å². The summed E-state index contributed by atoms with van der Waals surface area (Å²) in [5, 5.41) is 14.3. The van der Waals surface area contributed by atoms with E-state index in [-0.39, 0.29) is 11.8 Å². The number of aromatic amines is 1. The molecule has 0 aliphatic carbocycles. The van der Waals surface area contributed by atoms with E-state index in [1.54, 1.807) is 12.1 Å². The number of ether oxygens (including phenoxy) is 1. The molecule has 0 saturated carbocycles. The van der Waals surface area contributed by atoms with Crippen LogP contribution in [0.1, 0.15) is 53.4 Å². The molecule has 1 aliphatic heterocycles. The standard InChI is InChI=1S/C25H26Cl2N2O4/c1-13(2)19(24(31)32)15-4-6-16(7-5-15)25(10-11-33-12-25)29-23(30)22-14(3)20-18(28-22)9-8-17(26)21(20)27/h4-9,13,19,28H,10-12H2,1-3H3,(H,29,30)(H,31,32). The fourth-order valence-corrected chi connectivity index (χ4v) is 5.13. The molecule has 4 rings (SSSR count). The molecule has 1 saturated heterocycles. The van der Waals surface area contributed by atoms with E-state index in [9.17, 15) is 14.7 Å². The van der Waals surface area contributed by atoms with Gasteiger partial charge in [-0.3, -0.25) is 9.59 Å². The third-order valence-corrected chi connectivity index (χ3v) is 7.27. The number of nitrogens with one attached hydrogen (secondary N) is 2. The summed E-state index contributed by atoms with van der Waals surface area (Å²) < 4.78 is 5.67. The molecule has 8 heteroatoms. The summed E-state index contributed by atoms with van der Waals surface area (Å²) in [6.07, 6.45) is 0.608. The molecule has 174 valence electrons. The average molecular weight is 489 g/mol. The Balaban J connectivity index is 1.66. The Hall–Kier alpha value is -2.54. The minimum Gasteiger partial charge on any atom is -0.481 e. The number of fused-ring (bicyclic) bond motifs is 1. The molecule has 0 spiro atoms. The summed E-state index contributed by atoms with van der Waals surface area (Å²) in [6.45, 7) is 6.46. The van der Waals surface area contributed by atoms with Crippen molar-refractivity contribution in [3.63, 3.8) is 0 Å². The van der Waals surface area contributed by atoms with Crippen LogP contribution in [-0.2, 0) is 15.1 Å². The van der Waals surface area contributed by atoms with Gasteiger partial charge in [0.1, 0.15) is 5.69 Å². The quantitative estimate of drug-likeness (QED) is 0.417. The molecule has 6 nitrogen and oxygen atoms in total. The maximum absolute atomic E-state index is 13.4. The molecule has 2 heterocycles. The van der Waals surface area contributed by atoms with Crippen LogP contribution in [0.25, 0.3) is 10.9 Å². The van der Waals surface area contributed by atoms with Gasteiger partial charge < -0.3 is 20.1 Å². The molecule has 1 fully saturated rings. The first kappa shape index (κ1) is 23.6. The number of aliphatic carboxylic acids is 1. The van der Waals surface area contributed by atoms with Crippen molar-refractivity contribution >= 4 is 46.0 Å². The number of halogens is 2. The molecule has 2 unspecified atom stereocenters. The summed E-state index contributed by atoms with van der Waals surface area (Å²) in [7, 11) is 0. The Morgan fingerprint density at radius 3 is 2.42 bits per heavy atom. The zero-order valence-corrected chi connectivity index (χ0v) is 20.2. The monoisotopic (exact) mass is 488 g/mol. The van der Waals surface area contributed by atoms with Crippen molar-refractivity contribution in [1.82, 2.24) is 10.3 Å². The van der Waals surface area contributed by atoms with Crippen LogP contribution in [0.4, 0.5) is 0 Å². The first-order chi connectivity index (χ1) is 15.6.